The Morgan fingerprint density at radius 3 is 2.75 bits per heavy atom. The van der Waals surface area contributed by atoms with Gasteiger partial charge in [0.1, 0.15) is 0 Å². The Morgan fingerprint density at radius 1 is 1.35 bits per heavy atom. The molecular formula is C15H20N2O2S. The van der Waals surface area contributed by atoms with Crippen molar-refractivity contribution in [2.75, 3.05) is 19.0 Å². The van der Waals surface area contributed by atoms with E-state index in [1.807, 2.05) is 32.0 Å². The molecule has 1 atom stereocenters. The molecule has 0 aliphatic heterocycles. The first-order valence-electron chi connectivity index (χ1n) is 6.63. The minimum absolute atomic E-state index is 0.155. The lowest BCUT2D eigenvalue weighted by molar-refractivity contribution is 0.311. The molecule has 0 aliphatic carbocycles. The molecule has 0 aliphatic rings. The quantitative estimate of drug-likeness (QED) is 0.873. The monoisotopic (exact) mass is 292 g/mol. The van der Waals surface area contributed by atoms with Crippen LogP contribution in [0.2, 0.25) is 0 Å². The topological polar surface area (TPSA) is 43.4 Å². The maximum Gasteiger partial charge on any atom is 0.163 e. The van der Waals surface area contributed by atoms with Crippen LogP contribution in [0.25, 0.3) is 0 Å². The van der Waals surface area contributed by atoms with Gasteiger partial charge in [0.25, 0.3) is 0 Å². The number of benzene rings is 1. The summed E-state index contributed by atoms with van der Waals surface area (Å²) in [6.07, 6.45) is 0. The second kappa shape index (κ2) is 6.61. The molecular weight excluding hydrogens is 272 g/mol. The molecule has 20 heavy (non-hydrogen) atoms. The van der Waals surface area contributed by atoms with Gasteiger partial charge in [-0.3, -0.25) is 0 Å². The summed E-state index contributed by atoms with van der Waals surface area (Å²) >= 11 is 1.66. The minimum atomic E-state index is 0.155. The third-order valence-electron chi connectivity index (χ3n) is 2.93. The Hall–Kier alpha value is -1.75. The molecule has 1 aromatic heterocycles. The number of thiazole rings is 1. The molecule has 1 heterocycles. The molecule has 0 radical (unpaired) electrons. The van der Waals surface area contributed by atoms with Gasteiger partial charge in [0.15, 0.2) is 11.5 Å². The van der Waals surface area contributed by atoms with Gasteiger partial charge in [0.05, 0.1) is 30.5 Å². The lowest BCUT2D eigenvalue weighted by atomic mass is 10.2. The minimum Gasteiger partial charge on any atom is -0.493 e. The van der Waals surface area contributed by atoms with E-state index in [-0.39, 0.29) is 6.04 Å². The molecule has 0 amide bonds. The normalized spacial score (nSPS) is 12.0. The maximum absolute atomic E-state index is 5.58. The van der Waals surface area contributed by atoms with E-state index in [1.54, 1.807) is 18.4 Å². The third-order valence-corrected chi connectivity index (χ3v) is 3.72. The van der Waals surface area contributed by atoms with Crippen molar-refractivity contribution >= 4 is 17.0 Å². The molecule has 2 aromatic rings. The van der Waals surface area contributed by atoms with Crippen molar-refractivity contribution in [3.63, 3.8) is 0 Å². The highest BCUT2D eigenvalue weighted by Gasteiger charge is 2.11. The van der Waals surface area contributed by atoms with E-state index in [0.29, 0.717) is 6.61 Å². The average molecular weight is 292 g/mol. The number of nitrogens with one attached hydrogen (secondary N) is 1. The van der Waals surface area contributed by atoms with Gasteiger partial charge in [0, 0.05) is 17.1 Å². The molecule has 0 fully saturated rings. The summed E-state index contributed by atoms with van der Waals surface area (Å²) in [5, 5.41) is 6.60. The van der Waals surface area contributed by atoms with Crippen LogP contribution in [-0.4, -0.2) is 18.7 Å². The number of methoxy groups -OCH3 is 1. The van der Waals surface area contributed by atoms with E-state index in [1.165, 1.54) is 0 Å². The molecule has 1 aromatic carbocycles. The van der Waals surface area contributed by atoms with Crippen LogP contribution >= 0.6 is 11.3 Å². The maximum atomic E-state index is 5.58. The summed E-state index contributed by atoms with van der Waals surface area (Å²) in [5.41, 5.74) is 2.05. The van der Waals surface area contributed by atoms with Crippen molar-refractivity contribution < 1.29 is 9.47 Å². The number of hydrogen-bond donors (Lipinski definition) is 1. The van der Waals surface area contributed by atoms with Crippen molar-refractivity contribution in [1.82, 2.24) is 4.98 Å². The summed E-state index contributed by atoms with van der Waals surface area (Å²) < 4.78 is 10.9. The van der Waals surface area contributed by atoms with Crippen molar-refractivity contribution in [2.45, 2.75) is 26.8 Å². The fraction of sp³-hybridized carbons (Fsp3) is 0.400. The van der Waals surface area contributed by atoms with E-state index >= 15 is 0 Å². The number of ether oxygens (including phenoxy) is 2. The van der Waals surface area contributed by atoms with Crippen LogP contribution < -0.4 is 14.8 Å². The Balaban J connectivity index is 2.14. The molecule has 108 valence electrons. The zero-order valence-corrected chi connectivity index (χ0v) is 13.1. The van der Waals surface area contributed by atoms with Crippen molar-refractivity contribution in [3.8, 4) is 11.5 Å². The summed E-state index contributed by atoms with van der Waals surface area (Å²) in [7, 11) is 1.64. The van der Waals surface area contributed by atoms with Crippen molar-refractivity contribution in [3.05, 3.63) is 34.3 Å². The Labute approximate surface area is 123 Å². The molecule has 2 rings (SSSR count). The standard InChI is InChI=1S/C15H20N2O2S/c1-5-19-15-8-12(6-7-14(15)18-4)16-10(2)13-9-20-11(3)17-13/h6-10,16H,5H2,1-4H3. The highest BCUT2D eigenvalue weighted by molar-refractivity contribution is 7.09. The first-order chi connectivity index (χ1) is 9.63. The number of anilines is 1. The van der Waals surface area contributed by atoms with Crippen LogP contribution in [0, 0.1) is 6.92 Å². The highest BCUT2D eigenvalue weighted by Crippen LogP contribution is 2.31. The molecule has 5 heteroatoms. The Bertz CT molecular complexity index is 569. The Kier molecular flexibility index (Phi) is 4.84. The van der Waals surface area contributed by atoms with Gasteiger partial charge < -0.3 is 14.8 Å². The first-order valence-corrected chi connectivity index (χ1v) is 7.51. The van der Waals surface area contributed by atoms with Gasteiger partial charge in [-0.1, -0.05) is 0 Å². The summed E-state index contributed by atoms with van der Waals surface area (Å²) in [6, 6.07) is 6.00. The van der Waals surface area contributed by atoms with E-state index in [4.69, 9.17) is 9.47 Å². The molecule has 0 saturated carbocycles. The number of hydrogen-bond acceptors (Lipinski definition) is 5. The van der Waals surface area contributed by atoms with E-state index in [2.05, 4.69) is 22.6 Å². The van der Waals surface area contributed by atoms with Crippen LogP contribution in [0.4, 0.5) is 5.69 Å². The number of nitrogens with zero attached hydrogens (tertiary/aromatic N) is 1. The van der Waals surface area contributed by atoms with Crippen LogP contribution in [0.5, 0.6) is 11.5 Å². The summed E-state index contributed by atoms with van der Waals surface area (Å²) in [6.45, 7) is 6.68. The van der Waals surface area contributed by atoms with E-state index in [0.717, 1.165) is 27.9 Å². The molecule has 0 bridgehead atoms. The van der Waals surface area contributed by atoms with Crippen LogP contribution in [0.3, 0.4) is 0 Å². The molecule has 4 nitrogen and oxygen atoms in total. The predicted octanol–water partition coefficient (Wildman–Crippen LogP) is 4.03. The molecule has 1 unspecified atom stereocenters. The van der Waals surface area contributed by atoms with Gasteiger partial charge in [-0.05, 0) is 32.9 Å². The van der Waals surface area contributed by atoms with Gasteiger partial charge >= 0.3 is 0 Å². The Morgan fingerprint density at radius 2 is 2.15 bits per heavy atom. The van der Waals surface area contributed by atoms with Gasteiger partial charge in [-0.25, -0.2) is 4.98 Å². The smallest absolute Gasteiger partial charge is 0.163 e. The van der Waals surface area contributed by atoms with Crippen LogP contribution in [0.1, 0.15) is 30.6 Å². The van der Waals surface area contributed by atoms with Gasteiger partial charge in [-0.2, -0.15) is 0 Å². The summed E-state index contributed by atoms with van der Waals surface area (Å²) in [5.74, 6) is 1.50. The fourth-order valence-electron chi connectivity index (χ4n) is 1.94. The predicted molar refractivity (Wildman–Crippen MR) is 83.1 cm³/mol. The lowest BCUT2D eigenvalue weighted by Crippen LogP contribution is -2.07. The van der Waals surface area contributed by atoms with Crippen LogP contribution in [0.15, 0.2) is 23.6 Å². The zero-order valence-electron chi connectivity index (χ0n) is 12.3. The third kappa shape index (κ3) is 3.42. The van der Waals surface area contributed by atoms with E-state index in [9.17, 15) is 0 Å². The largest absolute Gasteiger partial charge is 0.493 e. The lowest BCUT2D eigenvalue weighted by Gasteiger charge is -2.16. The molecule has 0 spiro atoms. The second-order valence-corrected chi connectivity index (χ2v) is 5.52. The number of aryl methyl sites for hydroxylation is 1. The molecule has 1 N–H and O–H groups in total. The fourth-order valence-corrected chi connectivity index (χ4v) is 2.64. The number of rotatable bonds is 6. The zero-order chi connectivity index (χ0) is 14.5. The van der Waals surface area contributed by atoms with Crippen molar-refractivity contribution in [1.29, 1.82) is 0 Å². The average Bonchev–Trinajstić information content (AvgIpc) is 2.86. The highest BCUT2D eigenvalue weighted by atomic mass is 32.1. The van der Waals surface area contributed by atoms with Gasteiger partial charge in [0.2, 0.25) is 0 Å². The summed E-state index contributed by atoms with van der Waals surface area (Å²) in [4.78, 5) is 4.50. The second-order valence-electron chi connectivity index (χ2n) is 4.46. The van der Waals surface area contributed by atoms with Gasteiger partial charge in [-0.15, -0.1) is 11.3 Å². The van der Waals surface area contributed by atoms with Crippen LogP contribution in [-0.2, 0) is 0 Å². The molecule has 0 saturated heterocycles. The first kappa shape index (κ1) is 14.7. The number of aromatic nitrogens is 1. The van der Waals surface area contributed by atoms with E-state index < -0.39 is 0 Å². The SMILES string of the molecule is CCOc1cc(NC(C)c2csc(C)n2)ccc1OC. The van der Waals surface area contributed by atoms with Crippen molar-refractivity contribution in [2.24, 2.45) is 0 Å².